The summed E-state index contributed by atoms with van der Waals surface area (Å²) in [6.07, 6.45) is 3.73. The molecule has 1 N–H and O–H groups in total. The molecule has 1 saturated heterocycles. The normalized spacial score (nSPS) is 19.6. The van der Waals surface area contributed by atoms with Crippen molar-refractivity contribution in [1.29, 1.82) is 0 Å². The lowest BCUT2D eigenvalue weighted by atomic mass is 10.0. The summed E-state index contributed by atoms with van der Waals surface area (Å²) in [5.41, 5.74) is 1.15. The van der Waals surface area contributed by atoms with Crippen LogP contribution in [0.25, 0.3) is 27.7 Å². The first kappa shape index (κ1) is 18.8. The highest BCUT2D eigenvalue weighted by atomic mass is 19.1. The van der Waals surface area contributed by atoms with Crippen molar-refractivity contribution < 1.29 is 13.2 Å². The van der Waals surface area contributed by atoms with Crippen LogP contribution in [0.15, 0.2) is 41.7 Å². The van der Waals surface area contributed by atoms with Gasteiger partial charge in [0.25, 0.3) is 5.56 Å². The van der Waals surface area contributed by atoms with Crippen molar-refractivity contribution in [3.63, 3.8) is 0 Å². The summed E-state index contributed by atoms with van der Waals surface area (Å²) in [7, 11) is 0. The minimum absolute atomic E-state index is 0.137. The zero-order valence-corrected chi connectivity index (χ0v) is 16.1. The van der Waals surface area contributed by atoms with Crippen molar-refractivity contribution >= 4 is 16.6 Å². The van der Waals surface area contributed by atoms with E-state index in [0.29, 0.717) is 29.8 Å². The van der Waals surface area contributed by atoms with E-state index in [-0.39, 0.29) is 23.1 Å². The van der Waals surface area contributed by atoms with Crippen LogP contribution in [-0.2, 0) is 0 Å². The van der Waals surface area contributed by atoms with Gasteiger partial charge >= 0.3 is 0 Å². The van der Waals surface area contributed by atoms with Gasteiger partial charge in [0, 0.05) is 24.5 Å². The van der Waals surface area contributed by atoms with Crippen LogP contribution in [0.3, 0.4) is 0 Å². The third-order valence-corrected chi connectivity index (χ3v) is 5.53. The summed E-state index contributed by atoms with van der Waals surface area (Å²) < 4.78 is 46.4. The summed E-state index contributed by atoms with van der Waals surface area (Å²) in [5, 5.41) is 2.72. The first-order valence-corrected chi connectivity index (χ1v) is 9.63. The van der Waals surface area contributed by atoms with Crippen LogP contribution in [0.5, 0.6) is 0 Å². The van der Waals surface area contributed by atoms with Crippen molar-refractivity contribution in [2.75, 3.05) is 13.1 Å². The molecular weight excluding hydrogens is 395 g/mol. The van der Waals surface area contributed by atoms with E-state index in [2.05, 4.69) is 15.3 Å². The van der Waals surface area contributed by atoms with E-state index in [1.807, 2.05) is 0 Å². The van der Waals surface area contributed by atoms with Crippen molar-refractivity contribution in [3.8, 4) is 11.1 Å². The fourth-order valence-electron chi connectivity index (χ4n) is 4.07. The molecule has 1 fully saturated rings. The topological polar surface area (TPSA) is 64.2 Å². The van der Waals surface area contributed by atoms with E-state index < -0.39 is 29.4 Å². The van der Waals surface area contributed by atoms with E-state index in [4.69, 9.17) is 0 Å². The number of imidazole rings is 1. The predicted octanol–water partition coefficient (Wildman–Crippen LogP) is 3.17. The first-order valence-electron chi connectivity index (χ1n) is 9.63. The van der Waals surface area contributed by atoms with Gasteiger partial charge in [-0.15, -0.1) is 0 Å². The number of alkyl halides is 1. The van der Waals surface area contributed by atoms with Crippen molar-refractivity contribution in [2.45, 2.75) is 25.6 Å². The molecule has 1 aliphatic heterocycles. The lowest BCUT2D eigenvalue weighted by Gasteiger charge is -2.28. The Labute approximate surface area is 169 Å². The molecule has 0 amide bonds. The third-order valence-electron chi connectivity index (χ3n) is 5.53. The van der Waals surface area contributed by atoms with E-state index in [9.17, 15) is 18.0 Å². The predicted molar refractivity (Wildman–Crippen MR) is 106 cm³/mol. The molecule has 9 heteroatoms. The van der Waals surface area contributed by atoms with Crippen LogP contribution in [0.2, 0.25) is 0 Å². The average molecular weight is 413 g/mol. The molecule has 1 aliphatic rings. The fraction of sp³-hybridized carbons (Fsp3) is 0.286. The monoisotopic (exact) mass is 413 g/mol. The van der Waals surface area contributed by atoms with Gasteiger partial charge in [0.05, 0.1) is 23.6 Å². The Balaban J connectivity index is 1.64. The third kappa shape index (κ3) is 2.97. The average Bonchev–Trinajstić information content (AvgIpc) is 3.09. The van der Waals surface area contributed by atoms with Gasteiger partial charge < -0.3 is 9.72 Å². The van der Waals surface area contributed by atoms with Crippen molar-refractivity contribution in [3.05, 3.63) is 64.6 Å². The summed E-state index contributed by atoms with van der Waals surface area (Å²) in [5.74, 6) is -1.31. The molecule has 4 aromatic rings. The highest BCUT2D eigenvalue weighted by Crippen LogP contribution is 2.27. The highest BCUT2D eigenvalue weighted by Gasteiger charge is 2.28. The summed E-state index contributed by atoms with van der Waals surface area (Å²) in [6, 6.07) is 3.29. The van der Waals surface area contributed by atoms with Crippen molar-refractivity contribution in [1.82, 2.24) is 24.3 Å². The van der Waals surface area contributed by atoms with Gasteiger partial charge in [0.1, 0.15) is 17.4 Å². The number of halogens is 3. The van der Waals surface area contributed by atoms with Gasteiger partial charge in [-0.1, -0.05) is 0 Å². The minimum atomic E-state index is -1.26. The maximum atomic E-state index is 15.0. The summed E-state index contributed by atoms with van der Waals surface area (Å²) in [4.78, 5) is 21.2. The second-order valence-electron chi connectivity index (χ2n) is 7.58. The standard InChI is InChI=1S/C21H18F3N5O/c1-11-8-28-9-13(5-15(23)20(28)27-11)12-4-14(22)19-17(6-12)26-10-29(21(19)30)18-2-3-25-7-16(18)24/h4-6,8-10,16,18,25H,2-3,7H2,1H3/t16-,18+/m0/s1. The molecule has 0 bridgehead atoms. The maximum Gasteiger partial charge on any atom is 0.264 e. The molecule has 0 unspecified atom stereocenters. The number of piperidine rings is 1. The number of aryl methyl sites for hydroxylation is 1. The van der Waals surface area contributed by atoms with Crippen LogP contribution in [-0.4, -0.2) is 38.2 Å². The zero-order valence-electron chi connectivity index (χ0n) is 16.1. The number of nitrogens with zero attached hydrogens (tertiary/aromatic N) is 4. The Morgan fingerprint density at radius 2 is 1.93 bits per heavy atom. The van der Waals surface area contributed by atoms with Gasteiger partial charge in [0.2, 0.25) is 0 Å². The SMILES string of the molecule is Cc1cn2cc(-c3cc(F)c4c(=O)n([C@@H]5CCNC[C@@H]5F)cnc4c3)cc(F)c2n1. The molecule has 4 heterocycles. The van der Waals surface area contributed by atoms with Crippen LogP contribution in [0.4, 0.5) is 13.2 Å². The lowest BCUT2D eigenvalue weighted by Crippen LogP contribution is -2.42. The number of rotatable bonds is 2. The number of hydrogen-bond acceptors (Lipinski definition) is 4. The van der Waals surface area contributed by atoms with Gasteiger partial charge in [-0.3, -0.25) is 9.36 Å². The van der Waals surface area contributed by atoms with Crippen LogP contribution in [0.1, 0.15) is 18.2 Å². The van der Waals surface area contributed by atoms with Crippen molar-refractivity contribution in [2.24, 2.45) is 0 Å². The molecule has 2 atom stereocenters. The molecule has 6 nitrogen and oxygen atoms in total. The van der Waals surface area contributed by atoms with E-state index in [1.165, 1.54) is 33.5 Å². The molecule has 0 radical (unpaired) electrons. The van der Waals surface area contributed by atoms with E-state index in [1.54, 1.807) is 19.3 Å². The van der Waals surface area contributed by atoms with Gasteiger partial charge in [-0.05, 0) is 43.7 Å². The van der Waals surface area contributed by atoms with Gasteiger partial charge in [-0.2, -0.15) is 0 Å². The Kier molecular flexibility index (Phi) is 4.35. The summed E-state index contributed by atoms with van der Waals surface area (Å²) in [6.45, 7) is 2.46. The highest BCUT2D eigenvalue weighted by molar-refractivity contribution is 5.84. The van der Waals surface area contributed by atoms with E-state index in [0.717, 1.165) is 0 Å². The number of nitrogens with one attached hydrogen (secondary N) is 1. The maximum absolute atomic E-state index is 15.0. The molecule has 0 spiro atoms. The molecule has 154 valence electrons. The first-order chi connectivity index (χ1) is 14.4. The second kappa shape index (κ2) is 6.94. The number of fused-ring (bicyclic) bond motifs is 2. The minimum Gasteiger partial charge on any atom is -0.314 e. The molecule has 30 heavy (non-hydrogen) atoms. The zero-order chi connectivity index (χ0) is 21.0. The van der Waals surface area contributed by atoms with Gasteiger partial charge in [0.15, 0.2) is 11.5 Å². The summed E-state index contributed by atoms with van der Waals surface area (Å²) >= 11 is 0. The number of aromatic nitrogens is 4. The lowest BCUT2D eigenvalue weighted by molar-refractivity contribution is 0.180. The molecule has 0 saturated carbocycles. The fourth-order valence-corrected chi connectivity index (χ4v) is 4.07. The molecule has 0 aliphatic carbocycles. The Hall–Kier alpha value is -3.20. The largest absolute Gasteiger partial charge is 0.314 e. The molecule has 5 rings (SSSR count). The van der Waals surface area contributed by atoms with Crippen LogP contribution < -0.4 is 10.9 Å². The number of pyridine rings is 1. The molecular formula is C21H18F3N5O. The van der Waals surface area contributed by atoms with Crippen LogP contribution >= 0.6 is 0 Å². The second-order valence-corrected chi connectivity index (χ2v) is 7.58. The Morgan fingerprint density at radius 3 is 2.73 bits per heavy atom. The smallest absolute Gasteiger partial charge is 0.264 e. The van der Waals surface area contributed by atoms with E-state index >= 15 is 0 Å². The number of hydrogen-bond donors (Lipinski definition) is 1. The van der Waals surface area contributed by atoms with Crippen LogP contribution in [0, 0.1) is 18.6 Å². The molecule has 1 aromatic carbocycles. The Bertz CT molecular complexity index is 1350. The quantitative estimate of drug-likeness (QED) is 0.548. The molecule has 3 aromatic heterocycles. The van der Waals surface area contributed by atoms with Gasteiger partial charge in [-0.25, -0.2) is 23.1 Å². The number of benzene rings is 1. The Morgan fingerprint density at radius 1 is 1.13 bits per heavy atom.